The molecule has 3 rings (SSSR count). The number of hydrogen-bond donors (Lipinski definition) is 2. The second-order valence-corrected chi connectivity index (χ2v) is 9.03. The van der Waals surface area contributed by atoms with E-state index in [0.717, 1.165) is 21.8 Å². The summed E-state index contributed by atoms with van der Waals surface area (Å²) in [6, 6.07) is 24.8. The van der Waals surface area contributed by atoms with Gasteiger partial charge in [-0.15, -0.1) is 11.8 Å². The molecule has 4 nitrogen and oxygen atoms in total. The van der Waals surface area contributed by atoms with Crippen molar-refractivity contribution in [3.8, 4) is 0 Å². The monoisotopic (exact) mass is 418 g/mol. The van der Waals surface area contributed by atoms with Gasteiger partial charge in [0.05, 0.1) is 5.69 Å². The minimum atomic E-state index is -0.460. The first-order valence-corrected chi connectivity index (χ1v) is 10.8. The average molecular weight is 419 g/mol. The van der Waals surface area contributed by atoms with Gasteiger partial charge in [0.15, 0.2) is 0 Å². The van der Waals surface area contributed by atoms with Gasteiger partial charge in [-0.25, -0.2) is 0 Å². The standard InChI is InChI=1S/C25H26N2O2S/c1-25(2,3)24(29)27-21-14-7-8-15-22(21)30-17-18-10-9-11-19(16-18)23(28)26-20-12-5-4-6-13-20/h4-16H,17H2,1-3H3,(H,26,28)(H,27,29). The normalized spacial score (nSPS) is 11.0. The number of amides is 2. The number of carbonyl (C=O) groups excluding carboxylic acids is 2. The average Bonchev–Trinajstić information content (AvgIpc) is 2.73. The van der Waals surface area contributed by atoms with E-state index >= 15 is 0 Å². The maximum Gasteiger partial charge on any atom is 0.255 e. The van der Waals surface area contributed by atoms with Gasteiger partial charge in [0.2, 0.25) is 5.91 Å². The van der Waals surface area contributed by atoms with E-state index in [1.54, 1.807) is 11.8 Å². The lowest BCUT2D eigenvalue weighted by molar-refractivity contribution is -0.123. The molecule has 0 aliphatic carbocycles. The molecule has 30 heavy (non-hydrogen) atoms. The van der Waals surface area contributed by atoms with Crippen molar-refractivity contribution in [3.63, 3.8) is 0 Å². The van der Waals surface area contributed by atoms with Crippen molar-refractivity contribution in [1.82, 2.24) is 0 Å². The molecule has 0 aromatic heterocycles. The highest BCUT2D eigenvalue weighted by Gasteiger charge is 2.22. The van der Waals surface area contributed by atoms with Crippen LogP contribution in [0.25, 0.3) is 0 Å². The second-order valence-electron chi connectivity index (χ2n) is 8.01. The number of anilines is 2. The third-order valence-corrected chi connectivity index (χ3v) is 5.58. The van der Waals surface area contributed by atoms with Crippen molar-refractivity contribution in [2.24, 2.45) is 5.41 Å². The number of benzene rings is 3. The van der Waals surface area contributed by atoms with Crippen LogP contribution in [0.5, 0.6) is 0 Å². The van der Waals surface area contributed by atoms with Crippen LogP contribution in [0.3, 0.4) is 0 Å². The van der Waals surface area contributed by atoms with Gasteiger partial charge in [-0.05, 0) is 42.0 Å². The second kappa shape index (κ2) is 9.63. The van der Waals surface area contributed by atoms with E-state index in [1.165, 1.54) is 0 Å². The first-order valence-electron chi connectivity index (χ1n) is 9.81. The van der Waals surface area contributed by atoms with Crippen molar-refractivity contribution in [3.05, 3.63) is 90.0 Å². The molecule has 0 saturated heterocycles. The van der Waals surface area contributed by atoms with E-state index in [1.807, 2.05) is 99.6 Å². The number of thioether (sulfide) groups is 1. The quantitative estimate of drug-likeness (QED) is 0.468. The van der Waals surface area contributed by atoms with Gasteiger partial charge < -0.3 is 10.6 Å². The van der Waals surface area contributed by atoms with Crippen molar-refractivity contribution in [2.45, 2.75) is 31.4 Å². The molecule has 2 N–H and O–H groups in total. The Hall–Kier alpha value is -3.05. The van der Waals surface area contributed by atoms with Gasteiger partial charge >= 0.3 is 0 Å². The van der Waals surface area contributed by atoms with Crippen LogP contribution in [0.1, 0.15) is 36.7 Å². The fourth-order valence-corrected chi connectivity index (χ4v) is 3.64. The van der Waals surface area contributed by atoms with E-state index in [0.29, 0.717) is 11.3 Å². The molecule has 0 unspecified atom stereocenters. The summed E-state index contributed by atoms with van der Waals surface area (Å²) < 4.78 is 0. The third-order valence-electron chi connectivity index (χ3n) is 4.43. The highest BCUT2D eigenvalue weighted by atomic mass is 32.2. The fourth-order valence-electron chi connectivity index (χ4n) is 2.69. The van der Waals surface area contributed by atoms with Crippen LogP contribution < -0.4 is 10.6 Å². The Morgan fingerprint density at radius 2 is 1.53 bits per heavy atom. The summed E-state index contributed by atoms with van der Waals surface area (Å²) in [6.45, 7) is 5.68. The van der Waals surface area contributed by atoms with E-state index in [4.69, 9.17) is 0 Å². The van der Waals surface area contributed by atoms with Gasteiger partial charge in [0.1, 0.15) is 0 Å². The zero-order valence-corrected chi connectivity index (χ0v) is 18.3. The van der Waals surface area contributed by atoms with Crippen molar-refractivity contribution >= 4 is 35.0 Å². The predicted molar refractivity (Wildman–Crippen MR) is 125 cm³/mol. The Balaban J connectivity index is 1.68. The summed E-state index contributed by atoms with van der Waals surface area (Å²) in [4.78, 5) is 25.9. The molecule has 0 aliphatic rings. The van der Waals surface area contributed by atoms with Crippen molar-refractivity contribution in [1.29, 1.82) is 0 Å². The van der Waals surface area contributed by atoms with Crippen molar-refractivity contribution in [2.75, 3.05) is 10.6 Å². The first-order chi connectivity index (χ1) is 14.3. The molecule has 2 amide bonds. The molecule has 5 heteroatoms. The lowest BCUT2D eigenvalue weighted by Crippen LogP contribution is -2.27. The van der Waals surface area contributed by atoms with Gasteiger partial charge in [-0.2, -0.15) is 0 Å². The Morgan fingerprint density at radius 3 is 2.27 bits per heavy atom. The summed E-state index contributed by atoms with van der Waals surface area (Å²) in [5, 5.41) is 5.93. The van der Waals surface area contributed by atoms with Crippen LogP contribution in [-0.4, -0.2) is 11.8 Å². The molecule has 0 bridgehead atoms. The zero-order valence-electron chi connectivity index (χ0n) is 17.4. The lowest BCUT2D eigenvalue weighted by Gasteiger charge is -2.19. The predicted octanol–water partition coefficient (Wildman–Crippen LogP) is 6.22. The third kappa shape index (κ3) is 5.97. The van der Waals surface area contributed by atoms with Crippen LogP contribution in [0.15, 0.2) is 83.8 Å². The smallest absolute Gasteiger partial charge is 0.255 e. The van der Waals surface area contributed by atoms with E-state index in [-0.39, 0.29) is 11.8 Å². The molecule has 0 atom stereocenters. The topological polar surface area (TPSA) is 58.2 Å². The molecular formula is C25H26N2O2S. The summed E-state index contributed by atoms with van der Waals surface area (Å²) in [7, 11) is 0. The minimum absolute atomic E-state index is 0.0184. The fraction of sp³-hybridized carbons (Fsp3) is 0.200. The summed E-state index contributed by atoms with van der Waals surface area (Å²) >= 11 is 1.63. The van der Waals surface area contributed by atoms with Crippen LogP contribution in [0.4, 0.5) is 11.4 Å². The van der Waals surface area contributed by atoms with Gasteiger partial charge in [0.25, 0.3) is 5.91 Å². The summed E-state index contributed by atoms with van der Waals surface area (Å²) in [5.74, 6) is 0.538. The maximum atomic E-state index is 12.5. The Kier molecular flexibility index (Phi) is 6.95. The number of rotatable bonds is 6. The molecule has 0 saturated carbocycles. The van der Waals surface area contributed by atoms with E-state index < -0.39 is 5.41 Å². The molecule has 0 aliphatic heterocycles. The highest BCUT2D eigenvalue weighted by Crippen LogP contribution is 2.31. The van der Waals surface area contributed by atoms with Crippen LogP contribution in [-0.2, 0) is 10.5 Å². The number of hydrogen-bond acceptors (Lipinski definition) is 3. The first kappa shape index (κ1) is 21.7. The van der Waals surface area contributed by atoms with Crippen LogP contribution >= 0.6 is 11.8 Å². The van der Waals surface area contributed by atoms with E-state index in [9.17, 15) is 9.59 Å². The highest BCUT2D eigenvalue weighted by molar-refractivity contribution is 7.98. The molecule has 0 fully saturated rings. The minimum Gasteiger partial charge on any atom is -0.325 e. The molecule has 3 aromatic rings. The van der Waals surface area contributed by atoms with Gasteiger partial charge in [0, 0.05) is 27.3 Å². The Labute approximate surface area is 182 Å². The maximum absolute atomic E-state index is 12.5. The number of carbonyl (C=O) groups is 2. The summed E-state index contributed by atoms with van der Waals surface area (Å²) in [5.41, 5.74) is 2.77. The van der Waals surface area contributed by atoms with Gasteiger partial charge in [-0.1, -0.05) is 63.2 Å². The molecule has 0 radical (unpaired) electrons. The largest absolute Gasteiger partial charge is 0.325 e. The van der Waals surface area contributed by atoms with Crippen LogP contribution in [0, 0.1) is 5.41 Å². The molecule has 154 valence electrons. The lowest BCUT2D eigenvalue weighted by atomic mass is 9.95. The molecule has 3 aromatic carbocycles. The van der Waals surface area contributed by atoms with Crippen molar-refractivity contribution < 1.29 is 9.59 Å². The van der Waals surface area contributed by atoms with Crippen LogP contribution in [0.2, 0.25) is 0 Å². The zero-order chi connectivity index (χ0) is 21.6. The number of nitrogens with one attached hydrogen (secondary N) is 2. The Morgan fingerprint density at radius 1 is 0.833 bits per heavy atom. The van der Waals surface area contributed by atoms with E-state index in [2.05, 4.69) is 10.6 Å². The summed E-state index contributed by atoms with van der Waals surface area (Å²) in [6.07, 6.45) is 0. The molecule has 0 heterocycles. The Bertz CT molecular complexity index is 1030. The van der Waals surface area contributed by atoms with Gasteiger partial charge in [-0.3, -0.25) is 9.59 Å². The SMILES string of the molecule is CC(C)(C)C(=O)Nc1ccccc1SCc1cccc(C(=O)Nc2ccccc2)c1. The number of para-hydroxylation sites is 2. The molecular weight excluding hydrogens is 392 g/mol. The molecule has 0 spiro atoms.